The number of likely N-dealkylation sites (tertiary alicyclic amines) is 1. The third-order valence-electron chi connectivity index (χ3n) is 3.45. The number of nitrogens with zero attached hydrogens (tertiary/aromatic N) is 1. The molecule has 0 saturated carbocycles. The monoisotopic (exact) mass is 297 g/mol. The Morgan fingerprint density at radius 3 is 2.94 bits per heavy atom. The van der Waals surface area contributed by atoms with Crippen LogP contribution in [0.5, 0.6) is 0 Å². The minimum absolute atomic E-state index is 0.204. The summed E-state index contributed by atoms with van der Waals surface area (Å²) in [6.45, 7) is 3.65. The molecule has 1 saturated heterocycles. The Bertz CT molecular complexity index is 422. The first-order valence-corrected chi connectivity index (χ1v) is 6.59. The molecular weight excluding hydrogens is 282 g/mol. The van der Waals surface area contributed by atoms with Gasteiger partial charge in [0.1, 0.15) is 0 Å². The highest BCUT2D eigenvalue weighted by atomic mass is 79.9. The number of rotatable bonds is 3. The van der Waals surface area contributed by atoms with Gasteiger partial charge in [0.2, 0.25) is 0 Å². The van der Waals surface area contributed by atoms with Gasteiger partial charge in [0.05, 0.1) is 5.92 Å². The lowest BCUT2D eigenvalue weighted by Gasteiger charge is -2.24. The lowest BCUT2D eigenvalue weighted by atomic mass is 10.1. The zero-order valence-corrected chi connectivity index (χ0v) is 11.4. The Morgan fingerprint density at radius 2 is 2.35 bits per heavy atom. The van der Waals surface area contributed by atoms with E-state index in [0.717, 1.165) is 17.4 Å². The number of carboxylic acid groups (broad SMARTS) is 1. The molecule has 0 bridgehead atoms. The molecule has 0 radical (unpaired) electrons. The van der Waals surface area contributed by atoms with Crippen molar-refractivity contribution in [2.75, 3.05) is 13.1 Å². The highest BCUT2D eigenvalue weighted by Gasteiger charge is 2.30. The van der Waals surface area contributed by atoms with Crippen LogP contribution in [0, 0.1) is 5.92 Å². The van der Waals surface area contributed by atoms with Crippen LogP contribution >= 0.6 is 15.9 Å². The van der Waals surface area contributed by atoms with Crippen molar-refractivity contribution in [1.82, 2.24) is 4.90 Å². The Labute approximate surface area is 110 Å². The van der Waals surface area contributed by atoms with Gasteiger partial charge in [0.25, 0.3) is 0 Å². The molecule has 17 heavy (non-hydrogen) atoms. The van der Waals surface area contributed by atoms with Gasteiger partial charge in [-0.15, -0.1) is 0 Å². The molecule has 2 rings (SSSR count). The number of benzene rings is 1. The van der Waals surface area contributed by atoms with Crippen LogP contribution in [0.1, 0.15) is 24.9 Å². The summed E-state index contributed by atoms with van der Waals surface area (Å²) in [6, 6.07) is 8.47. The number of carbonyl (C=O) groups is 1. The molecule has 1 fully saturated rings. The van der Waals surface area contributed by atoms with E-state index >= 15 is 0 Å². The van der Waals surface area contributed by atoms with E-state index < -0.39 is 5.97 Å². The second-order valence-corrected chi connectivity index (χ2v) is 5.47. The minimum atomic E-state index is -0.672. The fourth-order valence-corrected chi connectivity index (χ4v) is 2.73. The predicted molar refractivity (Wildman–Crippen MR) is 69.9 cm³/mol. The second kappa shape index (κ2) is 5.19. The zero-order valence-electron chi connectivity index (χ0n) is 9.77. The van der Waals surface area contributed by atoms with Gasteiger partial charge in [-0.1, -0.05) is 28.1 Å². The van der Waals surface area contributed by atoms with Crippen LogP contribution in [-0.4, -0.2) is 29.1 Å². The fourth-order valence-electron chi connectivity index (χ4n) is 2.32. The maximum atomic E-state index is 10.9. The van der Waals surface area contributed by atoms with E-state index in [0.29, 0.717) is 6.54 Å². The summed E-state index contributed by atoms with van der Waals surface area (Å²) in [5.74, 6) is -0.876. The molecule has 2 atom stereocenters. The van der Waals surface area contributed by atoms with Crippen LogP contribution in [0.4, 0.5) is 0 Å². The first kappa shape index (κ1) is 12.6. The lowest BCUT2D eigenvalue weighted by molar-refractivity contribution is -0.141. The quantitative estimate of drug-likeness (QED) is 0.932. The van der Waals surface area contributed by atoms with Gasteiger partial charge in [-0.05, 0) is 37.6 Å². The Balaban J connectivity index is 2.06. The summed E-state index contributed by atoms with van der Waals surface area (Å²) in [5.41, 5.74) is 1.23. The maximum Gasteiger partial charge on any atom is 0.307 e. The van der Waals surface area contributed by atoms with Gasteiger partial charge in [0, 0.05) is 17.1 Å². The standard InChI is InChI=1S/C13H16BrNO2/c1-9(10-3-2-4-12(14)7-10)15-6-5-11(8-15)13(16)17/h2-4,7,9,11H,5-6,8H2,1H3,(H,16,17). The second-order valence-electron chi connectivity index (χ2n) is 4.55. The molecule has 1 aliphatic rings. The van der Waals surface area contributed by atoms with E-state index in [2.05, 4.69) is 39.9 Å². The summed E-state index contributed by atoms with van der Waals surface area (Å²) < 4.78 is 1.07. The molecule has 4 heteroatoms. The number of hydrogen-bond acceptors (Lipinski definition) is 2. The molecule has 0 amide bonds. The number of halogens is 1. The molecule has 0 spiro atoms. The molecule has 0 aliphatic carbocycles. The first-order valence-electron chi connectivity index (χ1n) is 5.80. The largest absolute Gasteiger partial charge is 0.481 e. The van der Waals surface area contributed by atoms with E-state index in [4.69, 9.17) is 5.11 Å². The van der Waals surface area contributed by atoms with Gasteiger partial charge in [-0.3, -0.25) is 9.69 Å². The van der Waals surface area contributed by atoms with E-state index in [9.17, 15) is 4.79 Å². The predicted octanol–water partition coefficient (Wildman–Crippen LogP) is 2.92. The smallest absolute Gasteiger partial charge is 0.307 e. The molecule has 3 nitrogen and oxygen atoms in total. The molecule has 0 aromatic heterocycles. The van der Waals surface area contributed by atoms with E-state index in [1.54, 1.807) is 0 Å². The van der Waals surface area contributed by atoms with Crippen LogP contribution in [0.15, 0.2) is 28.7 Å². The first-order chi connectivity index (χ1) is 8.08. The topological polar surface area (TPSA) is 40.5 Å². The van der Waals surface area contributed by atoms with Crippen molar-refractivity contribution in [2.24, 2.45) is 5.92 Å². The van der Waals surface area contributed by atoms with Crippen LogP contribution in [0.3, 0.4) is 0 Å². The molecule has 1 aromatic rings. The van der Waals surface area contributed by atoms with Gasteiger partial charge in [0.15, 0.2) is 0 Å². The lowest BCUT2D eigenvalue weighted by Crippen LogP contribution is -2.26. The number of carboxylic acids is 1. The third kappa shape index (κ3) is 2.87. The van der Waals surface area contributed by atoms with E-state index in [1.807, 2.05) is 12.1 Å². The number of aliphatic carboxylic acids is 1. The van der Waals surface area contributed by atoms with Crippen molar-refractivity contribution in [3.8, 4) is 0 Å². The molecule has 92 valence electrons. The zero-order chi connectivity index (χ0) is 12.4. The SMILES string of the molecule is CC(c1cccc(Br)c1)N1CCC(C(=O)O)C1. The molecule has 1 aliphatic heterocycles. The Kier molecular flexibility index (Phi) is 3.84. The van der Waals surface area contributed by atoms with Gasteiger partial charge < -0.3 is 5.11 Å². The van der Waals surface area contributed by atoms with Crippen molar-refractivity contribution in [1.29, 1.82) is 0 Å². The Morgan fingerprint density at radius 1 is 1.59 bits per heavy atom. The van der Waals surface area contributed by atoms with E-state index in [-0.39, 0.29) is 12.0 Å². The van der Waals surface area contributed by atoms with Gasteiger partial charge >= 0.3 is 5.97 Å². The molecule has 1 N–H and O–H groups in total. The van der Waals surface area contributed by atoms with Crippen molar-refractivity contribution < 1.29 is 9.90 Å². The van der Waals surface area contributed by atoms with Crippen molar-refractivity contribution in [3.05, 3.63) is 34.3 Å². The fraction of sp³-hybridized carbons (Fsp3) is 0.462. The highest BCUT2D eigenvalue weighted by Crippen LogP contribution is 2.28. The summed E-state index contributed by atoms with van der Waals surface area (Å²) >= 11 is 3.46. The van der Waals surface area contributed by atoms with Crippen LogP contribution in [-0.2, 0) is 4.79 Å². The maximum absolute atomic E-state index is 10.9. The van der Waals surface area contributed by atoms with Crippen molar-refractivity contribution in [3.63, 3.8) is 0 Å². The van der Waals surface area contributed by atoms with Crippen LogP contribution < -0.4 is 0 Å². The molecule has 1 heterocycles. The average Bonchev–Trinajstić information content (AvgIpc) is 2.77. The Hall–Kier alpha value is -0.870. The highest BCUT2D eigenvalue weighted by molar-refractivity contribution is 9.10. The summed E-state index contributed by atoms with van der Waals surface area (Å²) in [6.07, 6.45) is 0.758. The minimum Gasteiger partial charge on any atom is -0.481 e. The van der Waals surface area contributed by atoms with Crippen molar-refractivity contribution >= 4 is 21.9 Å². The number of hydrogen-bond donors (Lipinski definition) is 1. The van der Waals surface area contributed by atoms with Gasteiger partial charge in [-0.25, -0.2) is 0 Å². The van der Waals surface area contributed by atoms with Crippen LogP contribution in [0.25, 0.3) is 0 Å². The average molecular weight is 298 g/mol. The third-order valence-corrected chi connectivity index (χ3v) is 3.94. The van der Waals surface area contributed by atoms with Gasteiger partial charge in [-0.2, -0.15) is 0 Å². The van der Waals surface area contributed by atoms with Crippen LogP contribution in [0.2, 0.25) is 0 Å². The summed E-state index contributed by atoms with van der Waals surface area (Å²) in [4.78, 5) is 13.2. The molecule has 1 aromatic carbocycles. The van der Waals surface area contributed by atoms with Crippen molar-refractivity contribution in [2.45, 2.75) is 19.4 Å². The molecule has 2 unspecified atom stereocenters. The molecular formula is C13H16BrNO2. The normalized spacial score (nSPS) is 22.6. The summed E-state index contributed by atoms with van der Waals surface area (Å²) in [7, 11) is 0. The summed E-state index contributed by atoms with van der Waals surface area (Å²) in [5, 5.41) is 8.99. The van der Waals surface area contributed by atoms with E-state index in [1.165, 1.54) is 5.56 Å².